The van der Waals surface area contributed by atoms with Crippen molar-refractivity contribution in [3.8, 4) is 5.88 Å². The van der Waals surface area contributed by atoms with Crippen molar-refractivity contribution in [3.05, 3.63) is 24.5 Å². The summed E-state index contributed by atoms with van der Waals surface area (Å²) in [5.74, 6) is 0.393. The van der Waals surface area contributed by atoms with Crippen LogP contribution in [0.15, 0.2) is 24.5 Å². The van der Waals surface area contributed by atoms with Gasteiger partial charge in [0.05, 0.1) is 13.2 Å². The summed E-state index contributed by atoms with van der Waals surface area (Å²) < 4.78 is 17.1. The zero-order valence-corrected chi connectivity index (χ0v) is 24.9. The number of hydrogen-bond acceptors (Lipinski definition) is 8. The molecule has 0 unspecified atom stereocenters. The third-order valence-electron chi connectivity index (χ3n) is 6.61. The second-order valence-corrected chi connectivity index (χ2v) is 13.2. The Balaban J connectivity index is 0.000000229. The Morgan fingerprint density at radius 3 is 1.87 bits per heavy atom. The van der Waals surface area contributed by atoms with Gasteiger partial charge < -0.3 is 19.3 Å². The maximum absolute atomic E-state index is 11.8. The molecule has 10 nitrogen and oxygen atoms in total. The zero-order chi connectivity index (χ0) is 29.5. The molecule has 3 aliphatic rings. The van der Waals surface area contributed by atoms with Gasteiger partial charge >= 0.3 is 12.2 Å². The highest BCUT2D eigenvalue weighted by atomic mass is 16.6. The number of aliphatic hydroxyl groups is 1. The largest absolute Gasteiger partial charge is 0.476 e. The van der Waals surface area contributed by atoms with Crippen LogP contribution in [0, 0.1) is 10.8 Å². The van der Waals surface area contributed by atoms with Crippen molar-refractivity contribution in [2.75, 3.05) is 19.8 Å². The Hall–Kier alpha value is -2.88. The molecule has 0 radical (unpaired) electrons. The summed E-state index contributed by atoms with van der Waals surface area (Å²) in [6.07, 6.45) is 10.8. The topological polar surface area (TPSA) is 120 Å². The molecule has 2 aliphatic carbocycles. The Kier molecular flexibility index (Phi) is 10.8. The van der Waals surface area contributed by atoms with E-state index in [2.05, 4.69) is 18.9 Å². The van der Waals surface area contributed by atoms with Gasteiger partial charge in [0.25, 0.3) is 0 Å². The highest BCUT2D eigenvalue weighted by Crippen LogP contribution is 2.40. The Labute approximate surface area is 232 Å². The number of aliphatic hydroxyl groups excluding tert-OH is 1. The molecule has 1 aromatic heterocycles. The normalized spacial score (nSPS) is 18.9. The fourth-order valence-corrected chi connectivity index (χ4v) is 3.80. The summed E-state index contributed by atoms with van der Waals surface area (Å²) in [6, 6.07) is 1.69. The summed E-state index contributed by atoms with van der Waals surface area (Å²) in [7, 11) is 0. The lowest BCUT2D eigenvalue weighted by Gasteiger charge is -2.37. The third-order valence-corrected chi connectivity index (χ3v) is 6.61. The van der Waals surface area contributed by atoms with Crippen LogP contribution in [0.4, 0.5) is 9.59 Å². The second kappa shape index (κ2) is 13.0. The van der Waals surface area contributed by atoms with Crippen LogP contribution >= 0.6 is 0 Å². The number of aromatic nitrogens is 2. The Morgan fingerprint density at radius 1 is 0.949 bits per heavy atom. The number of ether oxygens (including phenoxy) is 3. The van der Waals surface area contributed by atoms with Crippen molar-refractivity contribution >= 4 is 18.0 Å². The van der Waals surface area contributed by atoms with Gasteiger partial charge in [-0.1, -0.05) is 26.7 Å². The maximum Gasteiger partial charge on any atom is 0.435 e. The summed E-state index contributed by atoms with van der Waals surface area (Å²) in [5, 5.41) is 12.7. The SMILES string of the molecule is CC(C)(C)OC(=O)N1C=CC(=O)C1.CC1(CO)CCC1.CC1(COc2ccn(C(=O)OC(C)(C)C)n2)CCC1. The molecule has 10 heteroatoms. The summed E-state index contributed by atoms with van der Waals surface area (Å²) in [5.41, 5.74) is -0.449. The average Bonchev–Trinajstić information content (AvgIpc) is 3.43. The van der Waals surface area contributed by atoms with Crippen LogP contribution in [0.3, 0.4) is 0 Å². The van der Waals surface area contributed by atoms with Crippen LogP contribution in [0.5, 0.6) is 5.88 Å². The van der Waals surface area contributed by atoms with Crippen LogP contribution in [-0.2, 0) is 14.3 Å². The van der Waals surface area contributed by atoms with E-state index in [1.54, 1.807) is 33.0 Å². The quantitative estimate of drug-likeness (QED) is 0.506. The third kappa shape index (κ3) is 11.4. The molecule has 220 valence electrons. The minimum atomic E-state index is -0.524. The number of carbonyl (C=O) groups excluding carboxylic acids is 3. The van der Waals surface area contributed by atoms with Crippen LogP contribution < -0.4 is 4.74 Å². The summed E-state index contributed by atoms with van der Waals surface area (Å²) in [6.45, 7) is 16.3. The van der Waals surface area contributed by atoms with E-state index >= 15 is 0 Å². The molecule has 2 fully saturated rings. The fourth-order valence-electron chi connectivity index (χ4n) is 3.80. The fraction of sp³-hybridized carbons (Fsp3) is 0.724. The molecule has 0 spiro atoms. The van der Waals surface area contributed by atoms with Crippen LogP contribution in [0.25, 0.3) is 0 Å². The van der Waals surface area contributed by atoms with Gasteiger partial charge in [-0.15, -0.1) is 5.10 Å². The number of hydrogen-bond donors (Lipinski definition) is 1. The highest BCUT2D eigenvalue weighted by molar-refractivity contribution is 5.96. The van der Waals surface area contributed by atoms with E-state index in [4.69, 9.17) is 19.3 Å². The minimum absolute atomic E-state index is 0.0779. The lowest BCUT2D eigenvalue weighted by Crippen LogP contribution is -2.33. The molecule has 2 saturated carbocycles. The molecule has 1 aliphatic heterocycles. The van der Waals surface area contributed by atoms with Gasteiger partial charge in [0.2, 0.25) is 5.88 Å². The van der Waals surface area contributed by atoms with E-state index in [0.29, 0.717) is 24.5 Å². The van der Waals surface area contributed by atoms with Gasteiger partial charge in [0.15, 0.2) is 5.78 Å². The molecule has 0 bridgehead atoms. The Morgan fingerprint density at radius 2 is 1.49 bits per heavy atom. The lowest BCUT2D eigenvalue weighted by molar-refractivity contribution is -0.114. The van der Waals surface area contributed by atoms with Crippen molar-refractivity contribution < 1.29 is 33.7 Å². The van der Waals surface area contributed by atoms with E-state index in [0.717, 1.165) is 0 Å². The van der Waals surface area contributed by atoms with E-state index in [-0.39, 0.29) is 17.7 Å². The van der Waals surface area contributed by atoms with Gasteiger partial charge in [-0.25, -0.2) is 9.59 Å². The molecule has 2 heterocycles. The number of carbonyl (C=O) groups is 3. The first-order valence-corrected chi connectivity index (χ1v) is 13.7. The molecular formula is C29H47N3O7. The Bertz CT molecular complexity index is 1000. The predicted molar refractivity (Wildman–Crippen MR) is 147 cm³/mol. The van der Waals surface area contributed by atoms with Gasteiger partial charge in [-0.05, 0) is 78.7 Å². The second-order valence-electron chi connectivity index (χ2n) is 13.2. The van der Waals surface area contributed by atoms with Gasteiger partial charge in [-0.2, -0.15) is 4.68 Å². The van der Waals surface area contributed by atoms with Crippen molar-refractivity contribution in [2.45, 2.75) is 105 Å². The van der Waals surface area contributed by atoms with Crippen molar-refractivity contribution in [2.24, 2.45) is 10.8 Å². The van der Waals surface area contributed by atoms with E-state index in [9.17, 15) is 14.4 Å². The van der Waals surface area contributed by atoms with Gasteiger partial charge in [0, 0.05) is 30.5 Å². The first-order chi connectivity index (χ1) is 17.9. The predicted octanol–water partition coefficient (Wildman–Crippen LogP) is 5.72. The highest BCUT2D eigenvalue weighted by Gasteiger charge is 2.33. The van der Waals surface area contributed by atoms with E-state index in [1.165, 1.54) is 60.4 Å². The summed E-state index contributed by atoms with van der Waals surface area (Å²) >= 11 is 0. The number of nitrogens with zero attached hydrogens (tertiary/aromatic N) is 3. The summed E-state index contributed by atoms with van der Waals surface area (Å²) in [4.78, 5) is 35.1. The molecule has 0 atom stereocenters. The molecule has 0 saturated heterocycles. The van der Waals surface area contributed by atoms with E-state index in [1.807, 2.05) is 20.8 Å². The molecular weight excluding hydrogens is 502 g/mol. The van der Waals surface area contributed by atoms with Gasteiger partial charge in [-0.3, -0.25) is 9.69 Å². The average molecular weight is 550 g/mol. The van der Waals surface area contributed by atoms with Crippen LogP contribution in [0.1, 0.15) is 93.9 Å². The lowest BCUT2D eigenvalue weighted by atomic mass is 9.71. The zero-order valence-electron chi connectivity index (χ0n) is 24.9. The molecule has 0 aromatic carbocycles. The van der Waals surface area contributed by atoms with Crippen molar-refractivity contribution in [1.29, 1.82) is 0 Å². The standard InChI is InChI=1S/C14H22N2O3.C9H13NO3.C6H12O/c1-13(2,3)19-12(17)16-9-6-11(15-16)18-10-14(4)7-5-8-14;1-9(2,3)13-8(12)10-5-4-7(11)6-10;1-6(5-7)3-2-4-6/h6,9H,5,7-8,10H2,1-4H3;4-5H,6H2,1-3H3;7H,2-5H2,1H3. The first kappa shape index (κ1) is 32.3. The molecule has 39 heavy (non-hydrogen) atoms. The van der Waals surface area contributed by atoms with Crippen molar-refractivity contribution in [1.82, 2.24) is 14.7 Å². The number of ketones is 1. The smallest absolute Gasteiger partial charge is 0.435 e. The number of amides is 1. The van der Waals surface area contributed by atoms with Crippen molar-refractivity contribution in [3.63, 3.8) is 0 Å². The van der Waals surface area contributed by atoms with Crippen LogP contribution in [-0.4, -0.2) is 68.7 Å². The van der Waals surface area contributed by atoms with Crippen LogP contribution in [0.2, 0.25) is 0 Å². The first-order valence-electron chi connectivity index (χ1n) is 13.7. The number of rotatable bonds is 4. The monoisotopic (exact) mass is 549 g/mol. The molecule has 1 N–H and O–H groups in total. The van der Waals surface area contributed by atoms with Gasteiger partial charge in [0.1, 0.15) is 11.2 Å². The minimum Gasteiger partial charge on any atom is -0.476 e. The molecule has 1 amide bonds. The molecule has 4 rings (SSSR count). The van der Waals surface area contributed by atoms with E-state index < -0.39 is 23.4 Å². The molecule has 1 aromatic rings. The maximum atomic E-state index is 11.8.